The van der Waals surface area contributed by atoms with Crippen molar-refractivity contribution >= 4 is 23.9 Å². The minimum Gasteiger partial charge on any atom is -0.481 e. The van der Waals surface area contributed by atoms with Crippen molar-refractivity contribution in [3.63, 3.8) is 0 Å². The third-order valence-corrected chi connectivity index (χ3v) is 4.03. The Morgan fingerprint density at radius 2 is 1.38 bits per heavy atom. The number of ether oxygens (including phenoxy) is 4. The molecule has 1 aliphatic rings. The summed E-state index contributed by atoms with van der Waals surface area (Å²) in [5.74, 6) is -3.93. The van der Waals surface area contributed by atoms with Crippen molar-refractivity contribution in [1.29, 1.82) is 0 Å². The van der Waals surface area contributed by atoms with Gasteiger partial charge in [-0.3, -0.25) is 19.2 Å². The molecular weight excluding hydrogens is 348 g/mol. The number of carboxylic acids is 1. The molecule has 0 aromatic heterocycles. The van der Waals surface area contributed by atoms with Crippen LogP contribution in [0.5, 0.6) is 0 Å². The Kier molecular flexibility index (Phi) is 8.50. The van der Waals surface area contributed by atoms with Crippen molar-refractivity contribution in [3.8, 4) is 0 Å². The number of rotatable bonds is 8. The molecule has 0 aromatic carbocycles. The van der Waals surface area contributed by atoms with Crippen LogP contribution in [0.15, 0.2) is 0 Å². The van der Waals surface area contributed by atoms with Crippen LogP contribution < -0.4 is 0 Å². The monoisotopic (exact) mass is 374 g/mol. The molecular formula is C17H26O9. The van der Waals surface area contributed by atoms with Gasteiger partial charge in [0.25, 0.3) is 0 Å². The zero-order chi connectivity index (χ0) is 19.9. The van der Waals surface area contributed by atoms with Crippen molar-refractivity contribution in [1.82, 2.24) is 0 Å². The molecule has 26 heavy (non-hydrogen) atoms. The van der Waals surface area contributed by atoms with Gasteiger partial charge in [-0.25, -0.2) is 0 Å². The average molecular weight is 374 g/mol. The highest BCUT2D eigenvalue weighted by Crippen LogP contribution is 2.29. The van der Waals surface area contributed by atoms with E-state index in [-0.39, 0.29) is 25.9 Å². The van der Waals surface area contributed by atoms with E-state index < -0.39 is 54.2 Å². The van der Waals surface area contributed by atoms with E-state index in [2.05, 4.69) is 0 Å². The summed E-state index contributed by atoms with van der Waals surface area (Å²) in [6.45, 7) is 5.98. The van der Waals surface area contributed by atoms with E-state index in [0.29, 0.717) is 0 Å². The lowest BCUT2D eigenvalue weighted by Crippen LogP contribution is -2.60. The van der Waals surface area contributed by atoms with Gasteiger partial charge in [-0.2, -0.15) is 0 Å². The summed E-state index contributed by atoms with van der Waals surface area (Å²) < 4.78 is 21.5. The molecule has 5 atom stereocenters. The Balaban J connectivity index is 3.19. The lowest BCUT2D eigenvalue weighted by atomic mass is 9.91. The highest BCUT2D eigenvalue weighted by molar-refractivity contribution is 5.72. The number of carboxylic acid groups (broad SMARTS) is 1. The average Bonchev–Trinajstić information content (AvgIpc) is 2.62. The summed E-state index contributed by atoms with van der Waals surface area (Å²) in [7, 11) is 0. The van der Waals surface area contributed by atoms with E-state index >= 15 is 0 Å². The number of aliphatic carboxylic acids is 1. The summed E-state index contributed by atoms with van der Waals surface area (Å²) in [6, 6.07) is 0. The van der Waals surface area contributed by atoms with E-state index in [1.807, 2.05) is 0 Å². The lowest BCUT2D eigenvalue weighted by molar-refractivity contribution is -0.234. The van der Waals surface area contributed by atoms with Crippen LogP contribution in [0, 0.1) is 5.92 Å². The predicted molar refractivity (Wildman–Crippen MR) is 87.1 cm³/mol. The summed E-state index contributed by atoms with van der Waals surface area (Å²) >= 11 is 0. The molecule has 1 aliphatic heterocycles. The van der Waals surface area contributed by atoms with Crippen LogP contribution in [0.3, 0.4) is 0 Å². The second-order valence-corrected chi connectivity index (χ2v) is 5.92. The topological polar surface area (TPSA) is 125 Å². The fourth-order valence-electron chi connectivity index (χ4n) is 2.46. The van der Waals surface area contributed by atoms with E-state index in [4.69, 9.17) is 18.9 Å². The second-order valence-electron chi connectivity index (χ2n) is 5.92. The third-order valence-electron chi connectivity index (χ3n) is 4.03. The zero-order valence-electron chi connectivity index (χ0n) is 15.4. The Bertz CT molecular complexity index is 530. The number of hydrogen-bond acceptors (Lipinski definition) is 8. The Morgan fingerprint density at radius 3 is 1.85 bits per heavy atom. The van der Waals surface area contributed by atoms with Crippen molar-refractivity contribution < 1.29 is 43.2 Å². The number of esters is 3. The zero-order valence-corrected chi connectivity index (χ0v) is 15.4. The Morgan fingerprint density at radius 1 is 0.923 bits per heavy atom. The van der Waals surface area contributed by atoms with Crippen molar-refractivity contribution in [2.24, 2.45) is 5.92 Å². The fraction of sp³-hybridized carbons (Fsp3) is 0.765. The number of carbonyl (C=O) groups excluding carboxylic acids is 3. The summed E-state index contributed by atoms with van der Waals surface area (Å²) in [4.78, 5) is 46.7. The first kappa shape index (κ1) is 21.9. The van der Waals surface area contributed by atoms with Crippen molar-refractivity contribution in [2.75, 3.05) is 6.61 Å². The molecule has 0 saturated carbocycles. The molecule has 0 aromatic rings. The van der Waals surface area contributed by atoms with Crippen molar-refractivity contribution in [2.45, 2.75) is 71.4 Å². The quantitative estimate of drug-likeness (QED) is 0.490. The minimum absolute atomic E-state index is 0.0402. The maximum absolute atomic E-state index is 11.8. The number of carbonyl (C=O) groups is 4. The Hall–Kier alpha value is -2.16. The molecule has 0 amide bonds. The highest BCUT2D eigenvalue weighted by atomic mass is 16.6. The molecule has 1 unspecified atom stereocenters. The van der Waals surface area contributed by atoms with E-state index in [9.17, 15) is 24.3 Å². The summed E-state index contributed by atoms with van der Waals surface area (Å²) in [5, 5.41) is 9.29. The molecule has 1 saturated heterocycles. The molecule has 1 rings (SSSR count). The first-order chi connectivity index (χ1) is 12.2. The van der Waals surface area contributed by atoms with E-state index in [0.717, 1.165) is 0 Å². The highest BCUT2D eigenvalue weighted by Gasteiger charge is 2.50. The van der Waals surface area contributed by atoms with Gasteiger partial charge in [-0.1, -0.05) is 20.8 Å². The standard InChI is InChI=1S/C17H26O9/c1-5-11(18)24-10-8-23-14(9(4)17(21)22)16(26-13(20)7-3)15(10)25-12(19)6-2/h9-10,14-16H,5-8H2,1-4H3,(H,21,22)/t9?,10-,14-,15-,16-/m1/s1. The van der Waals surface area contributed by atoms with Crippen LogP contribution in [0.25, 0.3) is 0 Å². The van der Waals surface area contributed by atoms with Gasteiger partial charge in [0.15, 0.2) is 18.3 Å². The first-order valence-corrected chi connectivity index (χ1v) is 8.67. The molecule has 1 N–H and O–H groups in total. The van der Waals surface area contributed by atoms with Gasteiger partial charge in [0.2, 0.25) is 0 Å². The van der Waals surface area contributed by atoms with E-state index in [1.54, 1.807) is 20.8 Å². The van der Waals surface area contributed by atoms with Crippen LogP contribution in [0.1, 0.15) is 47.0 Å². The van der Waals surface area contributed by atoms with Crippen LogP contribution in [-0.4, -0.2) is 60.0 Å². The minimum atomic E-state index is -1.20. The van der Waals surface area contributed by atoms with Gasteiger partial charge >= 0.3 is 23.9 Å². The summed E-state index contributed by atoms with van der Waals surface area (Å²) in [5.41, 5.74) is 0. The molecule has 0 aliphatic carbocycles. The molecule has 9 nitrogen and oxygen atoms in total. The molecule has 0 bridgehead atoms. The maximum atomic E-state index is 11.8. The first-order valence-electron chi connectivity index (χ1n) is 8.67. The van der Waals surface area contributed by atoms with Crippen molar-refractivity contribution in [3.05, 3.63) is 0 Å². The van der Waals surface area contributed by atoms with E-state index in [1.165, 1.54) is 6.92 Å². The Labute approximate surface area is 151 Å². The second kappa shape index (κ2) is 10.1. The number of hydrogen-bond donors (Lipinski definition) is 1. The molecule has 0 spiro atoms. The van der Waals surface area contributed by atoms with Crippen LogP contribution >= 0.6 is 0 Å². The lowest BCUT2D eigenvalue weighted by Gasteiger charge is -2.42. The summed E-state index contributed by atoms with van der Waals surface area (Å²) in [6.07, 6.45) is -4.20. The molecule has 148 valence electrons. The maximum Gasteiger partial charge on any atom is 0.309 e. The fourth-order valence-corrected chi connectivity index (χ4v) is 2.46. The normalized spacial score (nSPS) is 26.5. The SMILES string of the molecule is CCC(=O)O[C@H]1[C@H](OC(=O)CC)[C@H](OC(=O)CC)CO[C@@H]1C(C)C(=O)O. The molecule has 0 radical (unpaired) electrons. The van der Waals surface area contributed by atoms with Crippen LogP contribution in [0.4, 0.5) is 0 Å². The van der Waals surface area contributed by atoms with Gasteiger partial charge in [0.1, 0.15) is 6.10 Å². The largest absolute Gasteiger partial charge is 0.481 e. The van der Waals surface area contributed by atoms with Gasteiger partial charge in [0, 0.05) is 19.3 Å². The molecule has 1 heterocycles. The van der Waals surface area contributed by atoms with Crippen LogP contribution in [0.2, 0.25) is 0 Å². The van der Waals surface area contributed by atoms with Crippen LogP contribution in [-0.2, 0) is 38.1 Å². The smallest absolute Gasteiger partial charge is 0.309 e. The predicted octanol–water partition coefficient (Wildman–Crippen LogP) is 1.07. The molecule has 1 fully saturated rings. The van der Waals surface area contributed by atoms with Gasteiger partial charge < -0.3 is 24.1 Å². The van der Waals surface area contributed by atoms with Gasteiger partial charge in [-0.15, -0.1) is 0 Å². The van der Waals surface area contributed by atoms with Gasteiger partial charge in [-0.05, 0) is 6.92 Å². The van der Waals surface area contributed by atoms with Gasteiger partial charge in [0.05, 0.1) is 12.5 Å². The third kappa shape index (κ3) is 5.69. The molecule has 9 heteroatoms.